The molecule has 0 bridgehead atoms. The minimum Gasteiger partial charge on any atom is -0.379 e. The fraction of sp³-hybridized carbons (Fsp3) is 0.100. The number of nitrogens with one attached hydrogen (secondary N) is 1. The van der Waals surface area contributed by atoms with Gasteiger partial charge in [0.15, 0.2) is 0 Å². The number of rotatable bonds is 3. The molecule has 1 N–H and O–H groups in total. The van der Waals surface area contributed by atoms with Crippen LogP contribution in [0.4, 0.5) is 5.69 Å². The average molecular weight is 417 g/mol. The molecule has 0 aromatic carbocycles. The largest absolute Gasteiger partial charge is 0.379 e. The van der Waals surface area contributed by atoms with Gasteiger partial charge in [0, 0.05) is 15.9 Å². The molecule has 0 radical (unpaired) electrons. The van der Waals surface area contributed by atoms with E-state index in [-0.39, 0.29) is 0 Å². The maximum atomic E-state index is 5.96. The Balaban J connectivity index is 2.04. The molecule has 2 nitrogen and oxygen atoms in total. The van der Waals surface area contributed by atoms with Crippen molar-refractivity contribution in [2.45, 2.75) is 6.54 Å². The van der Waals surface area contributed by atoms with Crippen LogP contribution in [0.2, 0.25) is 9.49 Å². The Bertz CT molecular complexity index is 526. The summed E-state index contributed by atoms with van der Waals surface area (Å²) < 4.78 is 2.46. The second kappa shape index (κ2) is 5.89. The number of anilines is 1. The number of thiophene rings is 1. The second-order valence-electron chi connectivity index (χ2n) is 3.18. The molecule has 0 saturated carbocycles. The van der Waals surface area contributed by atoms with E-state index in [1.165, 1.54) is 11.3 Å². The summed E-state index contributed by atoms with van der Waals surface area (Å²) in [5.74, 6) is 0. The average Bonchev–Trinajstić information content (AvgIpc) is 2.60. The summed E-state index contributed by atoms with van der Waals surface area (Å²) in [6, 6.07) is 3.89. The summed E-state index contributed by atoms with van der Waals surface area (Å²) in [6.45, 7) is 0.700. The first-order valence-electron chi connectivity index (χ1n) is 4.55. The van der Waals surface area contributed by atoms with Crippen LogP contribution in [0.1, 0.15) is 4.88 Å². The highest BCUT2D eigenvalue weighted by molar-refractivity contribution is 9.11. The van der Waals surface area contributed by atoms with Crippen molar-refractivity contribution in [1.29, 1.82) is 0 Å². The lowest BCUT2D eigenvalue weighted by Crippen LogP contribution is -1.97. The highest BCUT2D eigenvalue weighted by atomic mass is 79.9. The summed E-state index contributed by atoms with van der Waals surface area (Å²) in [5.41, 5.74) is 0.905. The Kier molecular flexibility index (Phi) is 4.72. The molecule has 0 saturated heterocycles. The number of hydrogen-bond acceptors (Lipinski definition) is 3. The number of nitrogens with zero attached hydrogens (tertiary/aromatic N) is 1. The number of aromatic nitrogens is 1. The van der Waals surface area contributed by atoms with E-state index in [9.17, 15) is 0 Å². The van der Waals surface area contributed by atoms with E-state index in [0.717, 1.165) is 23.8 Å². The smallest absolute Gasteiger partial charge is 0.143 e. The first kappa shape index (κ1) is 13.6. The van der Waals surface area contributed by atoms with Crippen molar-refractivity contribution in [3.63, 3.8) is 0 Å². The minimum atomic E-state index is 0.456. The first-order valence-corrected chi connectivity index (χ1v) is 7.70. The van der Waals surface area contributed by atoms with Crippen LogP contribution in [-0.4, -0.2) is 4.98 Å². The molecule has 0 atom stereocenters. The van der Waals surface area contributed by atoms with Gasteiger partial charge in [0.2, 0.25) is 0 Å². The van der Waals surface area contributed by atoms with Crippen molar-refractivity contribution in [3.05, 3.63) is 41.6 Å². The molecule has 2 heterocycles. The van der Waals surface area contributed by atoms with Gasteiger partial charge in [-0.3, -0.25) is 0 Å². The van der Waals surface area contributed by atoms with E-state index in [1.807, 2.05) is 12.1 Å². The minimum absolute atomic E-state index is 0.456. The van der Waals surface area contributed by atoms with Crippen molar-refractivity contribution in [2.24, 2.45) is 0 Å². The van der Waals surface area contributed by atoms with Crippen molar-refractivity contribution in [1.82, 2.24) is 4.98 Å². The Morgan fingerprint density at radius 3 is 2.59 bits per heavy atom. The molecular formula is C10H6Br2Cl2N2S. The van der Waals surface area contributed by atoms with Gasteiger partial charge in [-0.05, 0) is 44.0 Å². The first-order chi connectivity index (χ1) is 8.06. The zero-order valence-electron chi connectivity index (χ0n) is 8.31. The van der Waals surface area contributed by atoms with Gasteiger partial charge in [-0.1, -0.05) is 23.2 Å². The quantitative estimate of drug-likeness (QED) is 0.660. The van der Waals surface area contributed by atoms with E-state index in [0.29, 0.717) is 11.7 Å². The Labute approximate surface area is 130 Å². The SMILES string of the molecule is Clc1ncc(NCc2cc(Br)c(Cl)s2)cc1Br. The van der Waals surface area contributed by atoms with Gasteiger partial charge in [-0.15, -0.1) is 11.3 Å². The standard InChI is InChI=1S/C10H6Br2Cl2N2S/c11-7-1-5(3-16-9(7)13)15-4-6-2-8(12)10(14)17-6/h1-3,15H,4H2. The zero-order valence-corrected chi connectivity index (χ0v) is 13.8. The Morgan fingerprint density at radius 2 is 2.00 bits per heavy atom. The second-order valence-corrected chi connectivity index (χ2v) is 6.99. The lowest BCUT2D eigenvalue weighted by molar-refractivity contribution is 1.17. The molecule has 0 amide bonds. The van der Waals surface area contributed by atoms with E-state index in [4.69, 9.17) is 23.2 Å². The highest BCUT2D eigenvalue weighted by Crippen LogP contribution is 2.32. The Morgan fingerprint density at radius 1 is 1.24 bits per heavy atom. The molecular weight excluding hydrogens is 411 g/mol. The predicted octanol–water partition coefficient (Wildman–Crippen LogP) is 5.59. The molecule has 17 heavy (non-hydrogen) atoms. The molecule has 0 spiro atoms. The van der Waals surface area contributed by atoms with E-state index < -0.39 is 0 Å². The molecule has 0 aliphatic heterocycles. The van der Waals surface area contributed by atoms with Crippen LogP contribution in [0, 0.1) is 0 Å². The third-order valence-corrected chi connectivity index (χ3v) is 5.57. The third kappa shape index (κ3) is 3.58. The topological polar surface area (TPSA) is 24.9 Å². The van der Waals surface area contributed by atoms with Crippen LogP contribution in [0.25, 0.3) is 0 Å². The third-order valence-electron chi connectivity index (χ3n) is 1.96. The molecule has 2 aromatic heterocycles. The van der Waals surface area contributed by atoms with Crippen molar-refractivity contribution >= 4 is 72.1 Å². The van der Waals surface area contributed by atoms with Crippen LogP contribution < -0.4 is 5.32 Å². The molecule has 2 rings (SSSR count). The van der Waals surface area contributed by atoms with Crippen LogP contribution in [0.3, 0.4) is 0 Å². The monoisotopic (exact) mass is 414 g/mol. The van der Waals surface area contributed by atoms with Crippen LogP contribution in [-0.2, 0) is 6.54 Å². The van der Waals surface area contributed by atoms with Gasteiger partial charge < -0.3 is 5.32 Å². The fourth-order valence-electron chi connectivity index (χ4n) is 1.19. The lowest BCUT2D eigenvalue weighted by Gasteiger charge is -2.05. The number of halogens is 4. The van der Waals surface area contributed by atoms with Crippen molar-refractivity contribution in [2.75, 3.05) is 5.32 Å². The Hall–Kier alpha value is 0.190. The van der Waals surface area contributed by atoms with Gasteiger partial charge in [0.05, 0.1) is 16.4 Å². The summed E-state index contributed by atoms with van der Waals surface area (Å²) in [7, 11) is 0. The molecule has 0 fully saturated rings. The predicted molar refractivity (Wildman–Crippen MR) is 81.3 cm³/mol. The van der Waals surface area contributed by atoms with Crippen LogP contribution in [0.15, 0.2) is 27.3 Å². The van der Waals surface area contributed by atoms with Gasteiger partial charge in [0.1, 0.15) is 9.49 Å². The van der Waals surface area contributed by atoms with Gasteiger partial charge >= 0.3 is 0 Å². The van der Waals surface area contributed by atoms with E-state index in [2.05, 4.69) is 42.2 Å². The molecule has 7 heteroatoms. The maximum Gasteiger partial charge on any atom is 0.143 e. The van der Waals surface area contributed by atoms with Gasteiger partial charge in [-0.2, -0.15) is 0 Å². The number of pyridine rings is 1. The molecule has 0 aliphatic rings. The summed E-state index contributed by atoms with van der Waals surface area (Å²) in [6.07, 6.45) is 1.69. The summed E-state index contributed by atoms with van der Waals surface area (Å²) in [5, 5.41) is 3.71. The van der Waals surface area contributed by atoms with Crippen molar-refractivity contribution in [3.8, 4) is 0 Å². The highest BCUT2D eigenvalue weighted by Gasteiger charge is 2.05. The van der Waals surface area contributed by atoms with Crippen LogP contribution >= 0.6 is 66.4 Å². The van der Waals surface area contributed by atoms with E-state index >= 15 is 0 Å². The maximum absolute atomic E-state index is 5.96. The van der Waals surface area contributed by atoms with Crippen LogP contribution in [0.5, 0.6) is 0 Å². The summed E-state index contributed by atoms with van der Waals surface area (Å²) in [4.78, 5) is 5.18. The summed E-state index contributed by atoms with van der Waals surface area (Å²) >= 11 is 20.0. The van der Waals surface area contributed by atoms with E-state index in [1.54, 1.807) is 6.20 Å². The lowest BCUT2D eigenvalue weighted by atomic mass is 10.4. The molecule has 90 valence electrons. The molecule has 0 unspecified atom stereocenters. The normalized spacial score (nSPS) is 10.6. The number of hydrogen-bond donors (Lipinski definition) is 1. The zero-order chi connectivity index (χ0) is 12.4. The van der Waals surface area contributed by atoms with Gasteiger partial charge in [0.25, 0.3) is 0 Å². The molecule has 0 aliphatic carbocycles. The van der Waals surface area contributed by atoms with Gasteiger partial charge in [-0.25, -0.2) is 4.98 Å². The fourth-order valence-corrected chi connectivity index (χ4v) is 3.37. The van der Waals surface area contributed by atoms with Crippen molar-refractivity contribution < 1.29 is 0 Å². The molecule has 2 aromatic rings.